The predicted octanol–water partition coefficient (Wildman–Crippen LogP) is 1.35. The zero-order chi connectivity index (χ0) is 9.80. The molecule has 0 amide bonds. The van der Waals surface area contributed by atoms with Gasteiger partial charge in [0.25, 0.3) is 0 Å². The van der Waals surface area contributed by atoms with Gasteiger partial charge in [-0.05, 0) is 18.2 Å². The molecular weight excluding hydrogens is 196 g/mol. The highest BCUT2D eigenvalue weighted by molar-refractivity contribution is 6.30. The molecule has 3 heteroatoms. The van der Waals surface area contributed by atoms with Gasteiger partial charge in [-0.2, -0.15) is 0 Å². The van der Waals surface area contributed by atoms with Crippen LogP contribution in [0.5, 0.6) is 0 Å². The summed E-state index contributed by atoms with van der Waals surface area (Å²) >= 11 is 5.74. The fraction of sp³-hybridized carbons (Fsp3) is 0.455. The normalized spacial score (nSPS) is 17.8. The molecule has 1 aliphatic rings. The van der Waals surface area contributed by atoms with Crippen molar-refractivity contribution in [2.45, 2.75) is 6.54 Å². The zero-order valence-corrected chi connectivity index (χ0v) is 8.77. The van der Waals surface area contributed by atoms with Gasteiger partial charge in [0, 0.05) is 38.3 Å². The lowest BCUT2D eigenvalue weighted by molar-refractivity contribution is 0.233. The average molecular weight is 209 g/mol. The molecule has 0 aromatic heterocycles. The Kier molecular flexibility index (Phi) is 3.26. The molecule has 1 saturated heterocycles. The van der Waals surface area contributed by atoms with E-state index in [1.54, 1.807) is 0 Å². The molecule has 0 aliphatic carbocycles. The maximum Gasteiger partial charge on any atom is 0.0908 e. The third-order valence-electron chi connectivity index (χ3n) is 2.38. The van der Waals surface area contributed by atoms with E-state index in [9.17, 15) is 0 Å². The minimum atomic E-state index is 0.633. The first-order valence-electron chi connectivity index (χ1n) is 4.86. The average Bonchev–Trinajstić information content (AvgIpc) is 2.23. The highest BCUT2D eigenvalue weighted by Crippen LogP contribution is 2.07. The number of nitrogens with zero attached hydrogens (tertiary/aromatic N) is 1. The Bertz CT molecular complexity index is 278. The van der Waals surface area contributed by atoms with Crippen molar-refractivity contribution in [3.63, 3.8) is 0 Å². The maximum absolute atomic E-state index is 5.74. The van der Waals surface area contributed by atoms with Gasteiger partial charge >= 0.3 is 0 Å². The number of hydrogen-bond donors (Lipinski definition) is 1. The SMILES string of the molecule is Clc1c#cc(CN2CCNCC2)cc1. The minimum Gasteiger partial charge on any atom is -0.314 e. The Balaban J connectivity index is 1.92. The standard InChI is InChI=1S/C11H13ClN2/c12-11-3-1-10(2-4-11)9-14-7-5-13-6-8-14/h1,3,13H,5-9H2. The molecular formula is C11H13ClN2. The molecule has 1 heterocycles. The molecule has 0 spiro atoms. The van der Waals surface area contributed by atoms with Gasteiger partial charge in [0.2, 0.25) is 0 Å². The van der Waals surface area contributed by atoms with Crippen LogP contribution in [0.15, 0.2) is 12.1 Å². The molecule has 14 heavy (non-hydrogen) atoms. The number of piperazine rings is 1. The fourth-order valence-corrected chi connectivity index (χ4v) is 1.71. The second-order valence-electron chi connectivity index (χ2n) is 3.48. The molecule has 2 nitrogen and oxygen atoms in total. The summed E-state index contributed by atoms with van der Waals surface area (Å²) in [6, 6.07) is 9.84. The van der Waals surface area contributed by atoms with Crippen molar-refractivity contribution in [3.8, 4) is 0 Å². The highest BCUT2D eigenvalue weighted by Gasteiger charge is 2.09. The third kappa shape index (κ3) is 2.62. The van der Waals surface area contributed by atoms with E-state index in [-0.39, 0.29) is 0 Å². The van der Waals surface area contributed by atoms with Gasteiger partial charge in [0.1, 0.15) is 0 Å². The van der Waals surface area contributed by atoms with E-state index in [2.05, 4.69) is 22.3 Å². The second kappa shape index (κ2) is 4.65. The van der Waals surface area contributed by atoms with E-state index in [1.807, 2.05) is 12.1 Å². The van der Waals surface area contributed by atoms with E-state index in [4.69, 9.17) is 11.6 Å². The van der Waals surface area contributed by atoms with Gasteiger partial charge in [0.15, 0.2) is 0 Å². The first kappa shape index (κ1) is 9.79. The van der Waals surface area contributed by atoms with Crippen molar-refractivity contribution >= 4 is 11.6 Å². The van der Waals surface area contributed by atoms with E-state index >= 15 is 0 Å². The molecule has 1 aromatic rings. The van der Waals surface area contributed by atoms with Crippen molar-refractivity contribution in [3.05, 3.63) is 34.9 Å². The van der Waals surface area contributed by atoms with Crippen LogP contribution in [0.1, 0.15) is 5.56 Å². The summed E-state index contributed by atoms with van der Waals surface area (Å²) in [5.74, 6) is 0. The fourth-order valence-electron chi connectivity index (χ4n) is 1.60. The summed E-state index contributed by atoms with van der Waals surface area (Å²) in [7, 11) is 0. The van der Waals surface area contributed by atoms with Crippen molar-refractivity contribution in [2.75, 3.05) is 26.2 Å². The third-order valence-corrected chi connectivity index (χ3v) is 2.60. The number of nitrogens with one attached hydrogen (secondary N) is 1. The van der Waals surface area contributed by atoms with Crippen molar-refractivity contribution < 1.29 is 0 Å². The van der Waals surface area contributed by atoms with E-state index in [0.717, 1.165) is 38.3 Å². The Morgan fingerprint density at radius 1 is 1.29 bits per heavy atom. The van der Waals surface area contributed by atoms with Crippen LogP contribution in [0.25, 0.3) is 0 Å². The monoisotopic (exact) mass is 208 g/mol. The van der Waals surface area contributed by atoms with Crippen molar-refractivity contribution in [1.82, 2.24) is 10.2 Å². The number of halogens is 1. The van der Waals surface area contributed by atoms with Crippen LogP contribution < -0.4 is 5.32 Å². The summed E-state index contributed by atoms with van der Waals surface area (Å²) in [6.45, 7) is 5.33. The summed E-state index contributed by atoms with van der Waals surface area (Å²) < 4.78 is 0. The molecule has 0 atom stereocenters. The quantitative estimate of drug-likeness (QED) is 0.790. The first-order chi connectivity index (χ1) is 6.84. The Labute approximate surface area is 89.9 Å². The molecule has 0 radical (unpaired) electrons. The molecule has 2 rings (SSSR count). The highest BCUT2D eigenvalue weighted by atomic mass is 35.5. The molecule has 0 unspecified atom stereocenters. The molecule has 1 fully saturated rings. The van der Waals surface area contributed by atoms with Gasteiger partial charge < -0.3 is 5.32 Å². The number of hydrogen-bond acceptors (Lipinski definition) is 2. The second-order valence-corrected chi connectivity index (χ2v) is 3.89. The van der Waals surface area contributed by atoms with Crippen LogP contribution in [-0.2, 0) is 6.54 Å². The number of rotatable bonds is 2. The van der Waals surface area contributed by atoms with Crippen molar-refractivity contribution in [1.29, 1.82) is 0 Å². The predicted molar refractivity (Wildman–Crippen MR) is 57.3 cm³/mol. The zero-order valence-electron chi connectivity index (χ0n) is 8.02. The van der Waals surface area contributed by atoms with Crippen LogP contribution >= 0.6 is 11.6 Å². The summed E-state index contributed by atoms with van der Waals surface area (Å²) in [5, 5.41) is 3.96. The van der Waals surface area contributed by atoms with E-state index in [1.165, 1.54) is 0 Å². The van der Waals surface area contributed by atoms with Crippen LogP contribution in [0.4, 0.5) is 0 Å². The van der Waals surface area contributed by atoms with Crippen LogP contribution in [0.2, 0.25) is 5.02 Å². The van der Waals surface area contributed by atoms with E-state index in [0.29, 0.717) is 5.02 Å². The lowest BCUT2D eigenvalue weighted by Gasteiger charge is -2.26. The van der Waals surface area contributed by atoms with Crippen molar-refractivity contribution in [2.24, 2.45) is 0 Å². The summed E-state index contributed by atoms with van der Waals surface area (Å²) in [6.07, 6.45) is 0. The minimum absolute atomic E-state index is 0.633. The van der Waals surface area contributed by atoms with Gasteiger partial charge in [-0.25, -0.2) is 0 Å². The summed E-state index contributed by atoms with van der Waals surface area (Å²) in [4.78, 5) is 2.41. The lowest BCUT2D eigenvalue weighted by atomic mass is 10.2. The lowest BCUT2D eigenvalue weighted by Crippen LogP contribution is -2.42. The largest absolute Gasteiger partial charge is 0.314 e. The molecule has 0 saturated carbocycles. The molecule has 1 aliphatic heterocycles. The molecule has 1 N–H and O–H groups in total. The first-order valence-corrected chi connectivity index (χ1v) is 5.24. The Morgan fingerprint density at radius 2 is 2.07 bits per heavy atom. The van der Waals surface area contributed by atoms with Crippen LogP contribution in [-0.4, -0.2) is 31.1 Å². The topological polar surface area (TPSA) is 15.3 Å². The van der Waals surface area contributed by atoms with Crippen LogP contribution in [0.3, 0.4) is 0 Å². The maximum atomic E-state index is 5.74. The molecule has 1 aromatic carbocycles. The van der Waals surface area contributed by atoms with Gasteiger partial charge in [0.05, 0.1) is 5.02 Å². The Hall–Kier alpha value is -0.750. The smallest absolute Gasteiger partial charge is 0.0908 e. The molecule has 74 valence electrons. The van der Waals surface area contributed by atoms with Gasteiger partial charge in [-0.3, -0.25) is 4.90 Å². The Morgan fingerprint density at radius 3 is 2.71 bits per heavy atom. The van der Waals surface area contributed by atoms with Gasteiger partial charge in [-0.15, -0.1) is 0 Å². The molecule has 0 bridgehead atoms. The van der Waals surface area contributed by atoms with E-state index < -0.39 is 0 Å². The van der Waals surface area contributed by atoms with Gasteiger partial charge in [-0.1, -0.05) is 17.7 Å². The summed E-state index contributed by atoms with van der Waals surface area (Å²) in [5.41, 5.74) is 1.16. The van der Waals surface area contributed by atoms with Crippen LogP contribution in [0, 0.1) is 12.1 Å².